The number of carbonyl (C=O) groups is 2. The predicted molar refractivity (Wildman–Crippen MR) is 61.1 cm³/mol. The third-order valence-corrected chi connectivity index (χ3v) is 2.29. The van der Waals surface area contributed by atoms with Crippen LogP contribution in [0.5, 0.6) is 0 Å². The van der Waals surface area contributed by atoms with Crippen molar-refractivity contribution in [1.29, 1.82) is 0 Å². The first kappa shape index (κ1) is 13.8. The second-order valence-electron chi connectivity index (χ2n) is 5.13. The van der Waals surface area contributed by atoms with Gasteiger partial charge in [0.2, 0.25) is 0 Å². The van der Waals surface area contributed by atoms with E-state index in [0.29, 0.717) is 13.0 Å². The summed E-state index contributed by atoms with van der Waals surface area (Å²) >= 11 is 0. The van der Waals surface area contributed by atoms with E-state index in [1.165, 1.54) is 11.8 Å². The Morgan fingerprint density at radius 3 is 2.41 bits per heavy atom. The Morgan fingerprint density at radius 1 is 1.35 bits per heavy atom. The fourth-order valence-corrected chi connectivity index (χ4v) is 1.63. The van der Waals surface area contributed by atoms with Crippen molar-refractivity contribution in [3.63, 3.8) is 0 Å². The normalized spacial score (nSPS) is 24.6. The van der Waals surface area contributed by atoms with Gasteiger partial charge in [-0.15, -0.1) is 0 Å². The molecular formula is C11H20N2O4. The van der Waals surface area contributed by atoms with Crippen molar-refractivity contribution in [3.05, 3.63) is 0 Å². The first-order chi connectivity index (χ1) is 7.70. The molecule has 98 valence electrons. The zero-order valence-corrected chi connectivity index (χ0v) is 10.7. The molecule has 1 aliphatic rings. The molecule has 1 fully saturated rings. The molecule has 2 N–H and O–H groups in total. The molecule has 0 spiro atoms. The summed E-state index contributed by atoms with van der Waals surface area (Å²) in [6.07, 6.45) is -0.629. The van der Waals surface area contributed by atoms with Crippen LogP contribution in [0.1, 0.15) is 34.1 Å². The lowest BCUT2D eigenvalue weighted by atomic mass is 10.2. The summed E-state index contributed by atoms with van der Waals surface area (Å²) in [5.74, 6) is -0.457. The van der Waals surface area contributed by atoms with Crippen LogP contribution in [0.4, 0.5) is 4.79 Å². The van der Waals surface area contributed by atoms with E-state index in [9.17, 15) is 9.59 Å². The summed E-state index contributed by atoms with van der Waals surface area (Å²) in [7, 11) is 0. The largest absolute Gasteiger partial charge is 0.444 e. The average Bonchev–Trinajstić information content (AvgIpc) is 2.44. The number of carbonyl (C=O) groups excluding carboxylic acids is 2. The van der Waals surface area contributed by atoms with Gasteiger partial charge in [0.05, 0.1) is 6.04 Å². The fourth-order valence-electron chi connectivity index (χ4n) is 1.63. The molecule has 6 nitrogen and oxygen atoms in total. The number of amides is 1. The highest BCUT2D eigenvalue weighted by Gasteiger charge is 2.39. The van der Waals surface area contributed by atoms with Crippen molar-refractivity contribution in [2.24, 2.45) is 5.73 Å². The molecular weight excluding hydrogens is 224 g/mol. The number of likely N-dealkylation sites (tertiary alicyclic amines) is 1. The van der Waals surface area contributed by atoms with E-state index < -0.39 is 23.9 Å². The van der Waals surface area contributed by atoms with E-state index in [1.54, 1.807) is 20.8 Å². The highest BCUT2D eigenvalue weighted by Crippen LogP contribution is 2.21. The van der Waals surface area contributed by atoms with Crippen LogP contribution in [0, 0.1) is 0 Å². The van der Waals surface area contributed by atoms with Crippen molar-refractivity contribution in [1.82, 2.24) is 4.90 Å². The van der Waals surface area contributed by atoms with Gasteiger partial charge >= 0.3 is 12.1 Å². The van der Waals surface area contributed by atoms with Gasteiger partial charge in [0.15, 0.2) is 6.23 Å². The third kappa shape index (κ3) is 3.89. The minimum Gasteiger partial charge on any atom is -0.444 e. The van der Waals surface area contributed by atoms with Gasteiger partial charge in [0.25, 0.3) is 0 Å². The molecule has 1 heterocycles. The minimum atomic E-state index is -0.720. The molecule has 6 heteroatoms. The van der Waals surface area contributed by atoms with E-state index in [4.69, 9.17) is 15.2 Å². The van der Waals surface area contributed by atoms with Crippen LogP contribution in [-0.2, 0) is 14.3 Å². The Labute approximate surface area is 101 Å². The average molecular weight is 244 g/mol. The lowest BCUT2D eigenvalue weighted by molar-refractivity contribution is -0.153. The van der Waals surface area contributed by atoms with Gasteiger partial charge in [-0.25, -0.2) is 4.79 Å². The molecule has 0 aromatic carbocycles. The third-order valence-electron chi connectivity index (χ3n) is 2.29. The maximum absolute atomic E-state index is 11.9. The van der Waals surface area contributed by atoms with E-state index in [-0.39, 0.29) is 6.04 Å². The van der Waals surface area contributed by atoms with Gasteiger partial charge in [0, 0.05) is 13.5 Å². The van der Waals surface area contributed by atoms with E-state index in [1.807, 2.05) is 0 Å². The molecule has 17 heavy (non-hydrogen) atoms. The summed E-state index contributed by atoms with van der Waals surface area (Å²) in [6.45, 7) is 7.07. The molecule has 0 aromatic heterocycles. The quantitative estimate of drug-likeness (QED) is 0.691. The maximum Gasteiger partial charge on any atom is 0.413 e. The van der Waals surface area contributed by atoms with Crippen molar-refractivity contribution >= 4 is 12.1 Å². The van der Waals surface area contributed by atoms with E-state index in [0.717, 1.165) is 0 Å². The van der Waals surface area contributed by atoms with Crippen molar-refractivity contribution in [2.45, 2.75) is 52.0 Å². The lowest BCUT2D eigenvalue weighted by Gasteiger charge is -2.29. The molecule has 2 atom stereocenters. The number of nitrogens with zero attached hydrogens (tertiary/aromatic N) is 1. The van der Waals surface area contributed by atoms with Crippen LogP contribution in [0.3, 0.4) is 0 Å². The number of ether oxygens (including phenoxy) is 2. The highest BCUT2D eigenvalue weighted by atomic mass is 16.6. The SMILES string of the molecule is CC(=O)OC1[C@H](N)CCN1C(=O)OC(C)(C)C. The summed E-state index contributed by atoms with van der Waals surface area (Å²) < 4.78 is 10.3. The Hall–Kier alpha value is -1.30. The van der Waals surface area contributed by atoms with Gasteiger partial charge in [-0.1, -0.05) is 0 Å². The smallest absolute Gasteiger partial charge is 0.413 e. The van der Waals surface area contributed by atoms with Crippen molar-refractivity contribution < 1.29 is 19.1 Å². The fraction of sp³-hybridized carbons (Fsp3) is 0.818. The zero-order valence-electron chi connectivity index (χ0n) is 10.7. The molecule has 0 aliphatic carbocycles. The Balaban J connectivity index is 2.68. The topological polar surface area (TPSA) is 81.9 Å². The van der Waals surface area contributed by atoms with E-state index in [2.05, 4.69) is 0 Å². The standard InChI is InChI=1S/C11H20N2O4/c1-7(14)16-9-8(12)5-6-13(9)10(15)17-11(2,3)4/h8-9H,5-6,12H2,1-4H3/t8-,9?/m1/s1. The highest BCUT2D eigenvalue weighted by molar-refractivity contribution is 5.70. The second-order valence-corrected chi connectivity index (χ2v) is 5.13. The molecule has 1 amide bonds. The molecule has 0 aromatic rings. The summed E-state index contributed by atoms with van der Waals surface area (Å²) in [5.41, 5.74) is 5.21. The first-order valence-corrected chi connectivity index (χ1v) is 5.63. The number of nitrogens with two attached hydrogens (primary N) is 1. The van der Waals surface area contributed by atoms with Crippen LogP contribution in [0.25, 0.3) is 0 Å². The number of hydrogen-bond acceptors (Lipinski definition) is 5. The molecule has 1 unspecified atom stereocenters. The second kappa shape index (κ2) is 4.91. The number of rotatable bonds is 1. The van der Waals surface area contributed by atoms with Crippen LogP contribution in [0.15, 0.2) is 0 Å². The Morgan fingerprint density at radius 2 is 1.94 bits per heavy atom. The zero-order chi connectivity index (χ0) is 13.2. The first-order valence-electron chi connectivity index (χ1n) is 5.63. The van der Waals surface area contributed by atoms with Crippen LogP contribution < -0.4 is 5.73 Å². The van der Waals surface area contributed by atoms with Crippen LogP contribution in [0.2, 0.25) is 0 Å². The number of esters is 1. The van der Waals surface area contributed by atoms with Gasteiger partial charge in [-0.05, 0) is 27.2 Å². The molecule has 1 aliphatic heterocycles. The minimum absolute atomic E-state index is 0.355. The van der Waals surface area contributed by atoms with Crippen LogP contribution in [-0.4, -0.2) is 41.4 Å². The molecule has 1 rings (SSSR count). The summed E-state index contributed by atoms with van der Waals surface area (Å²) in [6, 6.07) is -0.355. The van der Waals surface area contributed by atoms with Crippen LogP contribution >= 0.6 is 0 Å². The maximum atomic E-state index is 11.9. The van der Waals surface area contributed by atoms with Crippen molar-refractivity contribution in [2.75, 3.05) is 6.54 Å². The predicted octanol–water partition coefficient (Wildman–Crippen LogP) is 0.844. The Bertz CT molecular complexity index is 311. The molecule has 1 saturated heterocycles. The lowest BCUT2D eigenvalue weighted by Crippen LogP contribution is -2.47. The summed E-state index contributed by atoms with van der Waals surface area (Å²) in [4.78, 5) is 24.2. The van der Waals surface area contributed by atoms with Gasteiger partial charge < -0.3 is 15.2 Å². The molecule has 0 saturated carbocycles. The monoisotopic (exact) mass is 244 g/mol. The van der Waals surface area contributed by atoms with Gasteiger partial charge in [0.1, 0.15) is 5.60 Å². The molecule has 0 bridgehead atoms. The summed E-state index contributed by atoms with van der Waals surface area (Å²) in [5, 5.41) is 0. The molecule has 0 radical (unpaired) electrons. The van der Waals surface area contributed by atoms with E-state index >= 15 is 0 Å². The van der Waals surface area contributed by atoms with Crippen molar-refractivity contribution in [3.8, 4) is 0 Å². The van der Waals surface area contributed by atoms with Gasteiger partial charge in [-0.3, -0.25) is 9.69 Å². The Kier molecular flexibility index (Phi) is 3.98. The van der Waals surface area contributed by atoms with Gasteiger partial charge in [-0.2, -0.15) is 0 Å². The number of hydrogen-bond donors (Lipinski definition) is 1.